The van der Waals surface area contributed by atoms with Crippen molar-refractivity contribution in [1.29, 1.82) is 0 Å². The number of carbonyl (C=O) groups is 1. The molecule has 6 nitrogen and oxygen atoms in total. The van der Waals surface area contributed by atoms with Gasteiger partial charge in [-0.3, -0.25) is 4.79 Å². The summed E-state index contributed by atoms with van der Waals surface area (Å²) in [7, 11) is 1.64. The molecular formula is C19H15ClF4N4O2S. The predicted octanol–water partition coefficient (Wildman–Crippen LogP) is 4.94. The summed E-state index contributed by atoms with van der Waals surface area (Å²) in [5.74, 6) is -0.546. The maximum Gasteiger partial charge on any atom is 0.416 e. The third-order valence-electron chi connectivity index (χ3n) is 3.99. The number of carbonyl (C=O) groups excluding carboxylic acids is 1. The third kappa shape index (κ3) is 6.11. The van der Waals surface area contributed by atoms with Gasteiger partial charge in [0.25, 0.3) is 0 Å². The van der Waals surface area contributed by atoms with E-state index in [0.717, 1.165) is 30.0 Å². The molecule has 0 saturated heterocycles. The Kier molecular flexibility index (Phi) is 7.06. The fourth-order valence-electron chi connectivity index (χ4n) is 2.41. The summed E-state index contributed by atoms with van der Waals surface area (Å²) in [5, 5.41) is 10.8. The number of aromatic nitrogens is 3. The van der Waals surface area contributed by atoms with Gasteiger partial charge >= 0.3 is 6.18 Å². The Morgan fingerprint density at radius 3 is 2.71 bits per heavy atom. The molecule has 0 aliphatic heterocycles. The number of alkyl halides is 3. The average Bonchev–Trinajstić information content (AvgIpc) is 3.07. The van der Waals surface area contributed by atoms with Crippen molar-refractivity contribution in [2.75, 3.05) is 11.1 Å². The molecule has 1 aromatic heterocycles. The minimum Gasteiger partial charge on any atom is -0.486 e. The van der Waals surface area contributed by atoms with E-state index in [1.54, 1.807) is 11.6 Å². The lowest BCUT2D eigenvalue weighted by Crippen LogP contribution is -2.14. The second kappa shape index (κ2) is 9.56. The number of rotatable bonds is 7. The summed E-state index contributed by atoms with van der Waals surface area (Å²) >= 11 is 6.77. The molecule has 12 heteroatoms. The average molecular weight is 475 g/mol. The minimum atomic E-state index is -4.46. The standard InChI is InChI=1S/C19H15ClF4N4O2S/c1-28-16(9-30-13-4-2-3-11(7-13)19(22,23)24)26-27-18(28)31-10-17(29)25-12-5-6-15(21)14(20)8-12/h2-8H,9-10H2,1H3,(H,25,29). The maximum atomic E-state index is 13.2. The van der Waals surface area contributed by atoms with Gasteiger partial charge in [0.05, 0.1) is 16.3 Å². The van der Waals surface area contributed by atoms with Gasteiger partial charge in [0, 0.05) is 12.7 Å². The Morgan fingerprint density at radius 2 is 2.00 bits per heavy atom. The van der Waals surface area contributed by atoms with Crippen LogP contribution < -0.4 is 10.1 Å². The van der Waals surface area contributed by atoms with E-state index in [9.17, 15) is 22.4 Å². The van der Waals surface area contributed by atoms with Gasteiger partial charge < -0.3 is 14.6 Å². The van der Waals surface area contributed by atoms with Crippen LogP contribution in [-0.2, 0) is 24.6 Å². The molecule has 0 saturated carbocycles. The molecule has 0 unspecified atom stereocenters. The summed E-state index contributed by atoms with van der Waals surface area (Å²) in [6, 6.07) is 8.34. The van der Waals surface area contributed by atoms with Gasteiger partial charge in [0.1, 0.15) is 18.2 Å². The predicted molar refractivity (Wildman–Crippen MR) is 108 cm³/mol. The molecule has 164 valence electrons. The summed E-state index contributed by atoms with van der Waals surface area (Å²) < 4.78 is 58.5. The fourth-order valence-corrected chi connectivity index (χ4v) is 3.32. The van der Waals surface area contributed by atoms with E-state index in [4.69, 9.17) is 16.3 Å². The molecule has 0 fully saturated rings. The van der Waals surface area contributed by atoms with Crippen LogP contribution in [0.4, 0.5) is 23.2 Å². The van der Waals surface area contributed by atoms with Crippen molar-refractivity contribution in [2.24, 2.45) is 7.05 Å². The van der Waals surface area contributed by atoms with Crippen LogP contribution in [0.25, 0.3) is 0 Å². The molecular weight excluding hydrogens is 460 g/mol. The zero-order valence-electron chi connectivity index (χ0n) is 15.9. The van der Waals surface area contributed by atoms with Crippen molar-refractivity contribution in [3.63, 3.8) is 0 Å². The highest BCUT2D eigenvalue weighted by Crippen LogP contribution is 2.31. The zero-order valence-corrected chi connectivity index (χ0v) is 17.5. The van der Waals surface area contributed by atoms with E-state index in [0.29, 0.717) is 16.7 Å². The molecule has 2 aromatic carbocycles. The van der Waals surface area contributed by atoms with Gasteiger partial charge in [-0.05, 0) is 36.4 Å². The van der Waals surface area contributed by atoms with Crippen LogP contribution in [0.15, 0.2) is 47.6 Å². The van der Waals surface area contributed by atoms with E-state index >= 15 is 0 Å². The quantitative estimate of drug-likeness (QED) is 0.388. The largest absolute Gasteiger partial charge is 0.486 e. The smallest absolute Gasteiger partial charge is 0.416 e. The Balaban J connectivity index is 1.55. The van der Waals surface area contributed by atoms with Crippen molar-refractivity contribution < 1.29 is 27.1 Å². The molecule has 0 radical (unpaired) electrons. The highest BCUT2D eigenvalue weighted by Gasteiger charge is 2.30. The molecule has 0 aliphatic carbocycles. The summed E-state index contributed by atoms with van der Waals surface area (Å²) in [4.78, 5) is 12.1. The second-order valence-corrected chi connectivity index (χ2v) is 7.59. The Hall–Kier alpha value is -2.79. The molecule has 3 rings (SSSR count). The number of hydrogen-bond donors (Lipinski definition) is 1. The maximum absolute atomic E-state index is 13.2. The van der Waals surface area contributed by atoms with Crippen molar-refractivity contribution in [3.05, 3.63) is 64.7 Å². The first-order valence-electron chi connectivity index (χ1n) is 8.69. The first kappa shape index (κ1) is 22.9. The molecule has 0 atom stereocenters. The molecule has 0 spiro atoms. The van der Waals surface area contributed by atoms with Crippen molar-refractivity contribution >= 4 is 35.0 Å². The van der Waals surface area contributed by atoms with Gasteiger partial charge in [-0.2, -0.15) is 13.2 Å². The van der Waals surface area contributed by atoms with Crippen LogP contribution in [0.5, 0.6) is 5.75 Å². The number of benzene rings is 2. The first-order valence-corrected chi connectivity index (χ1v) is 10.1. The number of nitrogens with zero attached hydrogens (tertiary/aromatic N) is 3. The third-order valence-corrected chi connectivity index (χ3v) is 5.30. The van der Waals surface area contributed by atoms with Crippen molar-refractivity contribution in [2.45, 2.75) is 17.9 Å². The minimum absolute atomic E-state index is 0.00451. The number of anilines is 1. The van der Waals surface area contributed by atoms with Crippen molar-refractivity contribution in [1.82, 2.24) is 14.8 Å². The zero-order chi connectivity index (χ0) is 22.6. The molecule has 3 aromatic rings. The number of amides is 1. The van der Waals surface area contributed by atoms with E-state index in [1.165, 1.54) is 24.3 Å². The van der Waals surface area contributed by atoms with Gasteiger partial charge in [-0.1, -0.05) is 29.4 Å². The Bertz CT molecular complexity index is 1090. The Morgan fingerprint density at radius 1 is 1.23 bits per heavy atom. The van der Waals surface area contributed by atoms with Crippen LogP contribution >= 0.6 is 23.4 Å². The van der Waals surface area contributed by atoms with E-state index in [-0.39, 0.29) is 29.0 Å². The lowest BCUT2D eigenvalue weighted by Gasteiger charge is -2.10. The van der Waals surface area contributed by atoms with Crippen LogP contribution in [-0.4, -0.2) is 26.4 Å². The van der Waals surface area contributed by atoms with Crippen LogP contribution in [0.1, 0.15) is 11.4 Å². The fraction of sp³-hybridized carbons (Fsp3) is 0.211. The lowest BCUT2D eigenvalue weighted by molar-refractivity contribution is -0.137. The van der Waals surface area contributed by atoms with E-state index < -0.39 is 17.6 Å². The van der Waals surface area contributed by atoms with Gasteiger partial charge in [-0.15, -0.1) is 10.2 Å². The molecule has 0 aliphatic rings. The van der Waals surface area contributed by atoms with Gasteiger partial charge in [0.2, 0.25) is 5.91 Å². The van der Waals surface area contributed by atoms with Gasteiger partial charge in [-0.25, -0.2) is 4.39 Å². The molecule has 31 heavy (non-hydrogen) atoms. The lowest BCUT2D eigenvalue weighted by atomic mass is 10.2. The number of ether oxygens (including phenoxy) is 1. The highest BCUT2D eigenvalue weighted by molar-refractivity contribution is 7.99. The monoisotopic (exact) mass is 474 g/mol. The number of halogens is 5. The van der Waals surface area contributed by atoms with E-state index in [1.807, 2.05) is 0 Å². The second-order valence-electron chi connectivity index (χ2n) is 6.24. The summed E-state index contributed by atoms with van der Waals surface area (Å²) in [5.41, 5.74) is -0.460. The normalized spacial score (nSPS) is 11.4. The number of thioether (sulfide) groups is 1. The van der Waals surface area contributed by atoms with Crippen molar-refractivity contribution in [3.8, 4) is 5.75 Å². The molecule has 1 amide bonds. The first-order chi connectivity index (χ1) is 14.6. The molecule has 1 heterocycles. The van der Waals surface area contributed by atoms with Crippen LogP contribution in [0.2, 0.25) is 5.02 Å². The van der Waals surface area contributed by atoms with Gasteiger partial charge in [0.15, 0.2) is 11.0 Å². The summed E-state index contributed by atoms with van der Waals surface area (Å²) in [6.45, 7) is -0.106. The Labute approximate surface area is 183 Å². The number of nitrogens with one attached hydrogen (secondary N) is 1. The number of hydrogen-bond acceptors (Lipinski definition) is 5. The molecule has 1 N–H and O–H groups in total. The SMILES string of the molecule is Cn1c(COc2cccc(C(F)(F)F)c2)nnc1SCC(=O)Nc1ccc(F)c(Cl)c1. The topological polar surface area (TPSA) is 69.0 Å². The highest BCUT2D eigenvalue weighted by atomic mass is 35.5. The summed E-state index contributed by atoms with van der Waals surface area (Å²) in [6.07, 6.45) is -4.46. The van der Waals surface area contributed by atoms with Crippen LogP contribution in [0, 0.1) is 5.82 Å². The molecule has 0 bridgehead atoms. The van der Waals surface area contributed by atoms with Crippen LogP contribution in [0.3, 0.4) is 0 Å². The van der Waals surface area contributed by atoms with E-state index in [2.05, 4.69) is 15.5 Å².